The second kappa shape index (κ2) is 5.88. The molecule has 1 aromatic rings. The van der Waals surface area contributed by atoms with Crippen LogP contribution in [0.1, 0.15) is 20.3 Å². The summed E-state index contributed by atoms with van der Waals surface area (Å²) in [6.07, 6.45) is 0.663. The summed E-state index contributed by atoms with van der Waals surface area (Å²) in [4.78, 5) is 0.234. The SMILES string of the molecule is CC1(C)CN(S(=O)(=O)c2ccc3c(c2)OCO3)CCC1N.Cl. The normalized spacial score (nSPS) is 23.9. The Bertz CT molecular complexity index is 663. The van der Waals surface area contributed by atoms with Crippen LogP contribution in [0.5, 0.6) is 11.5 Å². The first kappa shape index (κ1) is 17.3. The van der Waals surface area contributed by atoms with Crippen molar-refractivity contribution in [3.63, 3.8) is 0 Å². The van der Waals surface area contributed by atoms with Crippen LogP contribution in [0.2, 0.25) is 0 Å². The van der Waals surface area contributed by atoms with E-state index in [9.17, 15) is 8.42 Å². The molecule has 3 rings (SSSR count). The van der Waals surface area contributed by atoms with Gasteiger partial charge in [-0.1, -0.05) is 13.8 Å². The maximum Gasteiger partial charge on any atom is 0.243 e. The van der Waals surface area contributed by atoms with E-state index in [1.807, 2.05) is 13.8 Å². The van der Waals surface area contributed by atoms with Crippen LogP contribution < -0.4 is 15.2 Å². The number of nitrogens with two attached hydrogens (primary N) is 1. The van der Waals surface area contributed by atoms with Gasteiger partial charge in [0.05, 0.1) is 4.90 Å². The van der Waals surface area contributed by atoms with E-state index in [1.54, 1.807) is 12.1 Å². The Balaban J connectivity index is 0.00000176. The van der Waals surface area contributed by atoms with Crippen molar-refractivity contribution in [2.45, 2.75) is 31.2 Å². The minimum atomic E-state index is -3.54. The molecule has 8 heteroatoms. The van der Waals surface area contributed by atoms with Gasteiger partial charge in [0.2, 0.25) is 16.8 Å². The molecule has 2 aliphatic heterocycles. The largest absolute Gasteiger partial charge is 0.454 e. The highest BCUT2D eigenvalue weighted by Crippen LogP contribution is 2.36. The Morgan fingerprint density at radius 3 is 2.64 bits per heavy atom. The predicted octanol–water partition coefficient (Wildman–Crippen LogP) is 1.59. The van der Waals surface area contributed by atoms with Gasteiger partial charge in [0.1, 0.15) is 0 Å². The van der Waals surface area contributed by atoms with Gasteiger partial charge in [0.25, 0.3) is 0 Å². The molecule has 1 atom stereocenters. The van der Waals surface area contributed by atoms with Crippen LogP contribution in [0.3, 0.4) is 0 Å². The van der Waals surface area contributed by atoms with Gasteiger partial charge in [0, 0.05) is 25.2 Å². The number of ether oxygens (including phenoxy) is 2. The average Bonchev–Trinajstić information content (AvgIpc) is 2.88. The minimum absolute atomic E-state index is 0. The van der Waals surface area contributed by atoms with Crippen molar-refractivity contribution in [2.75, 3.05) is 19.9 Å². The van der Waals surface area contributed by atoms with Gasteiger partial charge in [-0.25, -0.2) is 8.42 Å². The van der Waals surface area contributed by atoms with Gasteiger partial charge in [-0.2, -0.15) is 4.31 Å². The molecule has 124 valence electrons. The highest BCUT2D eigenvalue weighted by molar-refractivity contribution is 7.89. The summed E-state index contributed by atoms with van der Waals surface area (Å²) in [6.45, 7) is 4.99. The highest BCUT2D eigenvalue weighted by atomic mass is 35.5. The summed E-state index contributed by atoms with van der Waals surface area (Å²) in [5.41, 5.74) is 5.84. The number of nitrogens with zero attached hydrogens (tertiary/aromatic N) is 1. The quantitative estimate of drug-likeness (QED) is 0.877. The predicted molar refractivity (Wildman–Crippen MR) is 84.9 cm³/mol. The molecule has 6 nitrogen and oxygen atoms in total. The maximum absolute atomic E-state index is 12.8. The van der Waals surface area contributed by atoms with Gasteiger partial charge in [-0.15, -0.1) is 12.4 Å². The molecule has 22 heavy (non-hydrogen) atoms. The number of rotatable bonds is 2. The van der Waals surface area contributed by atoms with Crippen LogP contribution >= 0.6 is 12.4 Å². The number of fused-ring (bicyclic) bond motifs is 1. The van der Waals surface area contributed by atoms with Crippen molar-refractivity contribution in [2.24, 2.45) is 11.1 Å². The molecule has 0 aliphatic carbocycles. The molecule has 0 bridgehead atoms. The van der Waals surface area contributed by atoms with E-state index in [1.165, 1.54) is 10.4 Å². The van der Waals surface area contributed by atoms with Crippen LogP contribution in [-0.4, -0.2) is 38.6 Å². The molecule has 0 amide bonds. The lowest BCUT2D eigenvalue weighted by Crippen LogP contribution is -2.53. The average molecular weight is 349 g/mol. The number of halogens is 1. The summed E-state index contributed by atoms with van der Waals surface area (Å²) >= 11 is 0. The van der Waals surface area contributed by atoms with E-state index in [4.69, 9.17) is 15.2 Å². The van der Waals surface area contributed by atoms with Gasteiger partial charge in [-0.3, -0.25) is 0 Å². The van der Waals surface area contributed by atoms with Crippen molar-refractivity contribution >= 4 is 22.4 Å². The van der Waals surface area contributed by atoms with Crippen molar-refractivity contribution in [3.8, 4) is 11.5 Å². The third kappa shape index (κ3) is 2.90. The molecular formula is C14H21ClN2O4S. The van der Waals surface area contributed by atoms with Crippen LogP contribution in [0, 0.1) is 5.41 Å². The molecule has 0 spiro atoms. The van der Waals surface area contributed by atoms with E-state index in [-0.39, 0.29) is 35.6 Å². The Labute approximate surface area is 137 Å². The Hall–Kier alpha value is -1.02. The summed E-state index contributed by atoms with van der Waals surface area (Å²) in [5.74, 6) is 1.05. The van der Waals surface area contributed by atoms with Gasteiger partial charge >= 0.3 is 0 Å². The van der Waals surface area contributed by atoms with Gasteiger partial charge in [0.15, 0.2) is 11.5 Å². The molecule has 1 saturated heterocycles. The molecule has 0 radical (unpaired) electrons. The fourth-order valence-electron chi connectivity index (χ4n) is 2.72. The van der Waals surface area contributed by atoms with E-state index in [0.29, 0.717) is 31.0 Å². The summed E-state index contributed by atoms with van der Waals surface area (Å²) in [7, 11) is -3.54. The molecule has 0 saturated carbocycles. The number of hydrogen-bond donors (Lipinski definition) is 1. The van der Waals surface area contributed by atoms with E-state index < -0.39 is 10.0 Å². The third-order valence-electron chi connectivity index (χ3n) is 4.26. The molecule has 2 aliphatic rings. The number of hydrogen-bond acceptors (Lipinski definition) is 5. The summed E-state index contributed by atoms with van der Waals surface area (Å²) in [5, 5.41) is 0. The molecule has 1 aromatic carbocycles. The number of benzene rings is 1. The van der Waals surface area contributed by atoms with Crippen LogP contribution in [0.15, 0.2) is 23.1 Å². The molecule has 1 fully saturated rings. The lowest BCUT2D eigenvalue weighted by atomic mass is 9.81. The summed E-state index contributed by atoms with van der Waals surface area (Å²) < 4.78 is 37.5. The zero-order valence-electron chi connectivity index (χ0n) is 12.6. The number of piperidine rings is 1. The first-order valence-electron chi connectivity index (χ1n) is 6.96. The maximum atomic E-state index is 12.8. The van der Waals surface area contributed by atoms with Crippen LogP contribution in [0.25, 0.3) is 0 Å². The zero-order valence-corrected chi connectivity index (χ0v) is 14.2. The summed E-state index contributed by atoms with van der Waals surface area (Å²) in [6, 6.07) is 4.74. The lowest BCUT2D eigenvalue weighted by molar-refractivity contribution is 0.155. The first-order chi connectivity index (χ1) is 9.80. The Morgan fingerprint density at radius 2 is 1.95 bits per heavy atom. The topological polar surface area (TPSA) is 81.9 Å². The molecule has 2 N–H and O–H groups in total. The fraction of sp³-hybridized carbons (Fsp3) is 0.571. The lowest BCUT2D eigenvalue weighted by Gasteiger charge is -2.41. The second-order valence-electron chi connectivity index (χ2n) is 6.24. The van der Waals surface area contributed by atoms with Crippen LogP contribution in [-0.2, 0) is 10.0 Å². The Morgan fingerprint density at radius 1 is 1.27 bits per heavy atom. The monoisotopic (exact) mass is 348 g/mol. The molecular weight excluding hydrogens is 328 g/mol. The molecule has 2 heterocycles. The molecule has 1 unspecified atom stereocenters. The van der Waals surface area contributed by atoms with Crippen molar-refractivity contribution in [1.29, 1.82) is 0 Å². The van der Waals surface area contributed by atoms with E-state index >= 15 is 0 Å². The Kier molecular flexibility index (Phi) is 4.64. The first-order valence-corrected chi connectivity index (χ1v) is 8.40. The zero-order chi connectivity index (χ0) is 15.3. The smallest absolute Gasteiger partial charge is 0.243 e. The van der Waals surface area contributed by atoms with Crippen LogP contribution in [0.4, 0.5) is 0 Å². The number of sulfonamides is 1. The third-order valence-corrected chi connectivity index (χ3v) is 6.10. The van der Waals surface area contributed by atoms with Crippen molar-refractivity contribution in [3.05, 3.63) is 18.2 Å². The van der Waals surface area contributed by atoms with Gasteiger partial charge in [-0.05, 0) is 24.0 Å². The van der Waals surface area contributed by atoms with Crippen molar-refractivity contribution in [1.82, 2.24) is 4.31 Å². The van der Waals surface area contributed by atoms with E-state index in [2.05, 4.69) is 0 Å². The van der Waals surface area contributed by atoms with Gasteiger partial charge < -0.3 is 15.2 Å². The standard InChI is InChI=1S/C14H20N2O4S.ClH/c1-14(2)8-16(6-5-13(14)15)21(17,18)10-3-4-11-12(7-10)20-9-19-11;/h3-4,7,13H,5-6,8-9,15H2,1-2H3;1H. The molecule has 0 aromatic heterocycles. The van der Waals surface area contributed by atoms with E-state index in [0.717, 1.165) is 0 Å². The minimum Gasteiger partial charge on any atom is -0.454 e. The fourth-order valence-corrected chi connectivity index (χ4v) is 4.36. The highest BCUT2D eigenvalue weighted by Gasteiger charge is 2.39. The second-order valence-corrected chi connectivity index (χ2v) is 8.18. The van der Waals surface area contributed by atoms with Crippen molar-refractivity contribution < 1.29 is 17.9 Å².